The van der Waals surface area contributed by atoms with Crippen molar-refractivity contribution >= 4 is 16.3 Å². The van der Waals surface area contributed by atoms with Gasteiger partial charge >= 0.3 is 0 Å². The molecule has 1 N–H and O–H groups in total. The van der Waals surface area contributed by atoms with Crippen molar-refractivity contribution in [3.63, 3.8) is 0 Å². The summed E-state index contributed by atoms with van der Waals surface area (Å²) in [5, 5.41) is 21.1. The first-order valence-electron chi connectivity index (χ1n) is 7.07. The van der Waals surface area contributed by atoms with E-state index in [2.05, 4.69) is 56.2 Å². The summed E-state index contributed by atoms with van der Waals surface area (Å²) in [5.41, 5.74) is 2.51. The van der Waals surface area contributed by atoms with E-state index in [-0.39, 0.29) is 5.41 Å². The quantitative estimate of drug-likeness (QED) is 0.607. The van der Waals surface area contributed by atoms with Gasteiger partial charge in [0.2, 0.25) is 10.8 Å². The maximum atomic E-state index is 4.57. The zero-order valence-corrected chi connectivity index (χ0v) is 13.7. The van der Waals surface area contributed by atoms with Crippen LogP contribution in [-0.4, -0.2) is 40.0 Å². The van der Waals surface area contributed by atoms with E-state index in [4.69, 9.17) is 0 Å². The Hall–Kier alpha value is -2.68. The Morgan fingerprint density at radius 2 is 2.00 bits per heavy atom. The normalized spacial score (nSPS) is 12.1. The number of aromatic amines is 1. The number of hydrogen-bond acceptors (Lipinski definition) is 7. The lowest BCUT2D eigenvalue weighted by Crippen LogP contribution is -2.11. The maximum Gasteiger partial charge on any atom is 0.235 e. The van der Waals surface area contributed by atoms with Crippen molar-refractivity contribution < 1.29 is 0 Å². The molecular weight excluding hydrogens is 312 g/mol. The van der Waals surface area contributed by atoms with Crippen molar-refractivity contribution in [2.45, 2.75) is 26.2 Å². The maximum absolute atomic E-state index is 4.57. The second kappa shape index (κ2) is 4.92. The fraction of sp³-hybridized carbons (Fsp3) is 0.286. The first kappa shape index (κ1) is 13.9. The van der Waals surface area contributed by atoms with Gasteiger partial charge in [0, 0.05) is 23.5 Å². The van der Waals surface area contributed by atoms with Gasteiger partial charge in [0.05, 0.1) is 6.20 Å². The van der Waals surface area contributed by atoms with Gasteiger partial charge < -0.3 is 0 Å². The van der Waals surface area contributed by atoms with E-state index in [0.717, 1.165) is 16.4 Å². The first-order valence-corrected chi connectivity index (χ1v) is 7.89. The zero-order valence-electron chi connectivity index (χ0n) is 12.8. The molecule has 0 saturated carbocycles. The summed E-state index contributed by atoms with van der Waals surface area (Å²) >= 11 is 1.44. The average Bonchev–Trinajstić information content (AvgIpc) is 3.22. The first-order chi connectivity index (χ1) is 11.0. The summed E-state index contributed by atoms with van der Waals surface area (Å²) in [7, 11) is 0. The predicted molar refractivity (Wildman–Crippen MR) is 86.0 cm³/mol. The molecule has 0 spiro atoms. The highest BCUT2D eigenvalue weighted by Gasteiger charge is 2.20. The molecule has 116 valence electrons. The minimum atomic E-state index is 0.00893. The van der Waals surface area contributed by atoms with E-state index in [1.54, 1.807) is 23.1 Å². The number of nitrogens with zero attached hydrogens (tertiary/aromatic N) is 7. The van der Waals surface area contributed by atoms with E-state index < -0.39 is 0 Å². The minimum absolute atomic E-state index is 0.00893. The van der Waals surface area contributed by atoms with Crippen LogP contribution >= 0.6 is 11.3 Å². The Kier molecular flexibility index (Phi) is 2.98. The Labute approximate surface area is 135 Å². The molecule has 0 aliphatic carbocycles. The molecule has 4 aromatic heterocycles. The summed E-state index contributed by atoms with van der Waals surface area (Å²) in [5.74, 6) is 0.571. The summed E-state index contributed by atoms with van der Waals surface area (Å²) in [6, 6.07) is 2.02. The van der Waals surface area contributed by atoms with E-state index in [1.165, 1.54) is 11.3 Å². The molecule has 4 aromatic rings. The van der Waals surface area contributed by atoms with Crippen LogP contribution in [0.25, 0.3) is 27.2 Å². The predicted octanol–water partition coefficient (Wildman–Crippen LogP) is 2.33. The average molecular weight is 326 g/mol. The van der Waals surface area contributed by atoms with Gasteiger partial charge in [-0.3, -0.25) is 10.1 Å². The molecule has 4 heterocycles. The number of aromatic nitrogens is 8. The molecular formula is C14H14N8S. The summed E-state index contributed by atoms with van der Waals surface area (Å²) in [6.07, 6.45) is 4.88. The van der Waals surface area contributed by atoms with Crippen LogP contribution in [0.1, 0.15) is 26.5 Å². The number of hydrogen-bond donors (Lipinski definition) is 1. The smallest absolute Gasteiger partial charge is 0.235 e. The van der Waals surface area contributed by atoms with E-state index in [0.29, 0.717) is 16.5 Å². The van der Waals surface area contributed by atoms with Crippen LogP contribution in [0.3, 0.4) is 0 Å². The van der Waals surface area contributed by atoms with Crippen molar-refractivity contribution in [1.82, 2.24) is 40.0 Å². The Morgan fingerprint density at radius 1 is 1.13 bits per heavy atom. The molecule has 0 radical (unpaired) electrons. The van der Waals surface area contributed by atoms with Gasteiger partial charge in [-0.2, -0.15) is 14.7 Å². The number of H-pyrrole nitrogens is 1. The molecule has 9 heteroatoms. The largest absolute Gasteiger partial charge is 0.281 e. The Morgan fingerprint density at radius 3 is 2.70 bits per heavy atom. The second-order valence-electron chi connectivity index (χ2n) is 6.13. The van der Waals surface area contributed by atoms with Crippen LogP contribution in [0.15, 0.2) is 24.7 Å². The SMILES string of the molecule is CC(C)(C)c1cc(-c2nn3c(-c4cnccn4)nnc3s2)n[nH]1. The third-order valence-corrected chi connectivity index (χ3v) is 4.31. The number of nitrogens with one attached hydrogen (secondary N) is 1. The summed E-state index contributed by atoms with van der Waals surface area (Å²) in [6.45, 7) is 6.40. The van der Waals surface area contributed by atoms with Gasteiger partial charge in [-0.1, -0.05) is 32.1 Å². The summed E-state index contributed by atoms with van der Waals surface area (Å²) < 4.78 is 1.68. The lowest BCUT2D eigenvalue weighted by atomic mass is 9.92. The van der Waals surface area contributed by atoms with Crippen LogP contribution in [0.4, 0.5) is 0 Å². The highest BCUT2D eigenvalue weighted by atomic mass is 32.1. The van der Waals surface area contributed by atoms with Gasteiger partial charge in [-0.25, -0.2) is 4.98 Å². The molecule has 0 atom stereocenters. The topological polar surface area (TPSA) is 97.5 Å². The highest BCUT2D eigenvalue weighted by molar-refractivity contribution is 7.19. The molecule has 0 saturated heterocycles. The fourth-order valence-corrected chi connectivity index (χ4v) is 2.91. The van der Waals surface area contributed by atoms with Crippen LogP contribution in [0.5, 0.6) is 0 Å². The molecule has 0 amide bonds. The van der Waals surface area contributed by atoms with Gasteiger partial charge in [-0.15, -0.1) is 10.2 Å². The minimum Gasteiger partial charge on any atom is -0.281 e. The van der Waals surface area contributed by atoms with Gasteiger partial charge in [-0.05, 0) is 6.07 Å². The lowest BCUT2D eigenvalue weighted by Gasteiger charge is -2.14. The van der Waals surface area contributed by atoms with Crippen LogP contribution in [0.2, 0.25) is 0 Å². The Bertz CT molecular complexity index is 960. The van der Waals surface area contributed by atoms with E-state index in [9.17, 15) is 0 Å². The van der Waals surface area contributed by atoms with Crippen molar-refractivity contribution in [2.75, 3.05) is 0 Å². The standard InChI is InChI=1S/C14H14N8S/c1-14(2,3)10-6-8(17-18-10)12-21-22-11(19-20-13(22)23-12)9-7-15-4-5-16-9/h4-7H,1-3H3,(H,17,18). The van der Waals surface area contributed by atoms with E-state index in [1.807, 2.05) is 6.07 Å². The molecule has 23 heavy (non-hydrogen) atoms. The van der Waals surface area contributed by atoms with Crippen LogP contribution < -0.4 is 0 Å². The third-order valence-electron chi connectivity index (χ3n) is 3.39. The highest BCUT2D eigenvalue weighted by Crippen LogP contribution is 2.29. The second-order valence-corrected chi connectivity index (χ2v) is 7.09. The zero-order chi connectivity index (χ0) is 16.0. The molecule has 0 aliphatic heterocycles. The number of rotatable bonds is 2. The molecule has 0 unspecified atom stereocenters. The van der Waals surface area contributed by atoms with Crippen molar-refractivity contribution in [3.05, 3.63) is 30.4 Å². The number of fused-ring (bicyclic) bond motifs is 1. The molecule has 0 aromatic carbocycles. The van der Waals surface area contributed by atoms with Crippen molar-refractivity contribution in [3.8, 4) is 22.2 Å². The Balaban J connectivity index is 1.78. The molecule has 0 fully saturated rings. The van der Waals surface area contributed by atoms with E-state index >= 15 is 0 Å². The van der Waals surface area contributed by atoms with Crippen molar-refractivity contribution in [1.29, 1.82) is 0 Å². The molecule has 0 bridgehead atoms. The van der Waals surface area contributed by atoms with Gasteiger partial charge in [0.15, 0.2) is 5.01 Å². The molecule has 8 nitrogen and oxygen atoms in total. The lowest BCUT2D eigenvalue weighted by molar-refractivity contribution is 0.567. The monoisotopic (exact) mass is 326 g/mol. The van der Waals surface area contributed by atoms with Gasteiger partial charge in [0.25, 0.3) is 0 Å². The van der Waals surface area contributed by atoms with Gasteiger partial charge in [0.1, 0.15) is 11.4 Å². The van der Waals surface area contributed by atoms with Crippen LogP contribution in [-0.2, 0) is 5.41 Å². The molecule has 4 rings (SSSR count). The fourth-order valence-electron chi connectivity index (χ4n) is 2.11. The third kappa shape index (κ3) is 2.38. The van der Waals surface area contributed by atoms with Crippen LogP contribution in [0, 0.1) is 0 Å². The summed E-state index contributed by atoms with van der Waals surface area (Å²) in [4.78, 5) is 9.00. The van der Waals surface area contributed by atoms with Crippen molar-refractivity contribution in [2.24, 2.45) is 0 Å². The molecule has 0 aliphatic rings.